The lowest BCUT2D eigenvalue weighted by molar-refractivity contribution is -0.387. The van der Waals surface area contributed by atoms with Crippen molar-refractivity contribution in [2.45, 2.75) is 16.2 Å². The molecule has 1 aromatic carbocycles. The highest BCUT2D eigenvalue weighted by atomic mass is 79.9. The summed E-state index contributed by atoms with van der Waals surface area (Å²) in [4.78, 5) is 25.5. The van der Waals surface area contributed by atoms with Crippen molar-refractivity contribution in [2.24, 2.45) is 0 Å². The Morgan fingerprint density at radius 2 is 2.24 bits per heavy atom. The Balaban J connectivity index is 2.44. The first-order valence-corrected chi connectivity index (χ1v) is 7.74. The molecule has 0 unspecified atom stereocenters. The predicted octanol–water partition coefficient (Wildman–Crippen LogP) is 4.11. The van der Waals surface area contributed by atoms with Crippen molar-refractivity contribution < 1.29 is 19.2 Å². The number of aromatic nitrogens is 1. The molecular formula is C11H6BrFN2O4S2. The van der Waals surface area contributed by atoms with Crippen LogP contribution in [-0.2, 0) is 0 Å². The maximum Gasteiger partial charge on any atom is 0.347 e. The normalized spacial score (nSPS) is 10.6. The molecule has 0 aliphatic heterocycles. The van der Waals surface area contributed by atoms with Gasteiger partial charge < -0.3 is 5.11 Å². The van der Waals surface area contributed by atoms with Gasteiger partial charge in [-0.1, -0.05) is 11.8 Å². The summed E-state index contributed by atoms with van der Waals surface area (Å²) in [5, 5.41) is 19.9. The number of nitrogens with zero attached hydrogens (tertiary/aromatic N) is 2. The van der Waals surface area contributed by atoms with Crippen LogP contribution in [0.2, 0.25) is 0 Å². The maximum absolute atomic E-state index is 13.4. The van der Waals surface area contributed by atoms with E-state index in [1.807, 2.05) is 0 Å². The second-order valence-electron chi connectivity index (χ2n) is 3.79. The van der Waals surface area contributed by atoms with Gasteiger partial charge in [-0.2, -0.15) is 0 Å². The van der Waals surface area contributed by atoms with E-state index in [-0.39, 0.29) is 14.2 Å². The van der Waals surface area contributed by atoms with E-state index in [9.17, 15) is 19.3 Å². The molecule has 0 amide bonds. The molecule has 2 aromatic rings. The van der Waals surface area contributed by atoms with Crippen molar-refractivity contribution >= 4 is 50.7 Å². The number of hydrogen-bond donors (Lipinski definition) is 1. The van der Waals surface area contributed by atoms with Gasteiger partial charge in [0.05, 0.1) is 26.1 Å². The van der Waals surface area contributed by atoms with Gasteiger partial charge in [-0.3, -0.25) is 10.1 Å². The molecule has 1 heterocycles. The van der Waals surface area contributed by atoms with Crippen LogP contribution >= 0.6 is 39.0 Å². The lowest BCUT2D eigenvalue weighted by Crippen LogP contribution is -1.94. The van der Waals surface area contributed by atoms with Gasteiger partial charge in [0.2, 0.25) is 0 Å². The first kappa shape index (κ1) is 15.9. The van der Waals surface area contributed by atoms with Crippen LogP contribution in [-0.4, -0.2) is 21.0 Å². The van der Waals surface area contributed by atoms with Crippen molar-refractivity contribution in [1.82, 2.24) is 4.98 Å². The minimum absolute atomic E-state index is 0.0707. The van der Waals surface area contributed by atoms with E-state index in [2.05, 4.69) is 20.9 Å². The summed E-state index contributed by atoms with van der Waals surface area (Å²) in [6, 6.07) is 2.08. The Bertz CT molecular complexity index is 750. The van der Waals surface area contributed by atoms with E-state index in [1.54, 1.807) is 6.92 Å². The number of carboxylic acid groups (broad SMARTS) is 1. The van der Waals surface area contributed by atoms with Gasteiger partial charge in [-0.15, -0.1) is 11.3 Å². The van der Waals surface area contributed by atoms with E-state index < -0.39 is 22.4 Å². The molecule has 21 heavy (non-hydrogen) atoms. The zero-order valence-electron chi connectivity index (χ0n) is 10.3. The topological polar surface area (TPSA) is 93.3 Å². The van der Waals surface area contributed by atoms with Gasteiger partial charge in [0.15, 0.2) is 4.34 Å². The van der Waals surface area contributed by atoms with Gasteiger partial charge in [-0.25, -0.2) is 14.2 Å². The molecule has 10 heteroatoms. The average molecular weight is 393 g/mol. The van der Waals surface area contributed by atoms with E-state index in [0.29, 0.717) is 10.0 Å². The standard InChI is InChI=1S/C11H6BrFN2O4S2/c1-4-9(10(16)17)21-11(14-4)20-8-2-5(12)6(13)3-7(8)15(18)19/h2-3H,1H3,(H,16,17). The number of aryl methyl sites for hydroxylation is 1. The second kappa shape index (κ2) is 6.08. The van der Waals surface area contributed by atoms with E-state index in [4.69, 9.17) is 5.11 Å². The molecule has 0 saturated heterocycles. The quantitative estimate of drug-likeness (QED) is 0.621. The number of benzene rings is 1. The largest absolute Gasteiger partial charge is 0.477 e. The van der Waals surface area contributed by atoms with E-state index in [1.165, 1.54) is 6.07 Å². The van der Waals surface area contributed by atoms with Gasteiger partial charge in [-0.05, 0) is 28.9 Å². The molecule has 0 radical (unpaired) electrons. The Hall–Kier alpha value is -1.52. The number of thiazole rings is 1. The number of carboxylic acids is 1. The molecule has 1 N–H and O–H groups in total. The van der Waals surface area contributed by atoms with Crippen LogP contribution in [0.1, 0.15) is 15.4 Å². The fourth-order valence-electron chi connectivity index (χ4n) is 1.45. The van der Waals surface area contributed by atoms with E-state index >= 15 is 0 Å². The average Bonchev–Trinajstić information content (AvgIpc) is 2.74. The third kappa shape index (κ3) is 3.39. The first-order valence-electron chi connectivity index (χ1n) is 5.31. The molecule has 110 valence electrons. The van der Waals surface area contributed by atoms with Crippen molar-refractivity contribution in [2.75, 3.05) is 0 Å². The highest BCUT2D eigenvalue weighted by Gasteiger charge is 2.21. The minimum Gasteiger partial charge on any atom is -0.477 e. The van der Waals surface area contributed by atoms with Gasteiger partial charge in [0.1, 0.15) is 10.7 Å². The second-order valence-corrected chi connectivity index (χ2v) is 6.94. The summed E-state index contributed by atoms with van der Waals surface area (Å²) in [5.74, 6) is -1.85. The van der Waals surface area contributed by atoms with Crippen molar-refractivity contribution in [1.29, 1.82) is 0 Å². The number of hydrogen-bond acceptors (Lipinski definition) is 6. The lowest BCUT2D eigenvalue weighted by Gasteiger charge is -2.02. The Morgan fingerprint density at radius 1 is 1.57 bits per heavy atom. The number of nitro benzene ring substituents is 1. The number of rotatable bonds is 4. The third-order valence-corrected chi connectivity index (χ3v) is 5.23. The fourth-order valence-corrected chi connectivity index (χ4v) is 4.05. The smallest absolute Gasteiger partial charge is 0.347 e. The molecular weight excluding hydrogens is 387 g/mol. The summed E-state index contributed by atoms with van der Waals surface area (Å²) in [6.07, 6.45) is 0. The van der Waals surface area contributed by atoms with Crippen molar-refractivity contribution in [3.8, 4) is 0 Å². The Morgan fingerprint density at radius 3 is 2.76 bits per heavy atom. The van der Waals surface area contributed by atoms with Gasteiger partial charge >= 0.3 is 5.97 Å². The summed E-state index contributed by atoms with van der Waals surface area (Å²) in [6.45, 7) is 1.54. The van der Waals surface area contributed by atoms with Crippen LogP contribution in [0.15, 0.2) is 25.8 Å². The number of carbonyl (C=O) groups is 1. The number of halogens is 2. The molecule has 6 nitrogen and oxygen atoms in total. The van der Waals surface area contributed by atoms with Crippen LogP contribution in [0.5, 0.6) is 0 Å². The highest BCUT2D eigenvalue weighted by Crippen LogP contribution is 2.39. The predicted molar refractivity (Wildman–Crippen MR) is 78.7 cm³/mol. The molecule has 0 aliphatic carbocycles. The zero-order valence-corrected chi connectivity index (χ0v) is 13.5. The van der Waals surface area contributed by atoms with Crippen LogP contribution in [0.4, 0.5) is 10.1 Å². The fraction of sp³-hybridized carbons (Fsp3) is 0.0909. The van der Waals surface area contributed by atoms with Gasteiger partial charge in [0.25, 0.3) is 5.69 Å². The molecule has 0 fully saturated rings. The Labute approximate surface area is 134 Å². The molecule has 2 rings (SSSR count). The molecule has 0 saturated carbocycles. The molecule has 0 spiro atoms. The minimum atomic E-state index is -1.10. The Kier molecular flexibility index (Phi) is 4.59. The van der Waals surface area contributed by atoms with Crippen molar-refractivity contribution in [3.05, 3.63) is 43.1 Å². The van der Waals surface area contributed by atoms with Crippen LogP contribution in [0, 0.1) is 22.9 Å². The lowest BCUT2D eigenvalue weighted by atomic mass is 10.3. The van der Waals surface area contributed by atoms with Crippen LogP contribution in [0.3, 0.4) is 0 Å². The summed E-state index contributed by atoms with van der Waals surface area (Å²) in [5.41, 5.74) is -0.0655. The molecule has 0 atom stereocenters. The molecule has 0 bridgehead atoms. The van der Waals surface area contributed by atoms with Crippen molar-refractivity contribution in [3.63, 3.8) is 0 Å². The monoisotopic (exact) mass is 392 g/mol. The first-order chi connectivity index (χ1) is 9.79. The molecule has 1 aromatic heterocycles. The summed E-state index contributed by atoms with van der Waals surface area (Å²) < 4.78 is 13.8. The third-order valence-electron chi connectivity index (χ3n) is 2.37. The SMILES string of the molecule is Cc1nc(Sc2cc(Br)c(F)cc2[N+](=O)[O-])sc1C(=O)O. The zero-order chi connectivity index (χ0) is 15.7. The van der Waals surface area contributed by atoms with E-state index in [0.717, 1.165) is 29.2 Å². The number of nitro groups is 1. The number of aromatic carboxylic acids is 1. The maximum atomic E-state index is 13.4. The highest BCUT2D eigenvalue weighted by molar-refractivity contribution is 9.10. The van der Waals surface area contributed by atoms with Crippen LogP contribution < -0.4 is 0 Å². The molecule has 0 aliphatic rings. The summed E-state index contributed by atoms with van der Waals surface area (Å²) in [7, 11) is 0. The van der Waals surface area contributed by atoms with Crippen LogP contribution in [0.25, 0.3) is 0 Å². The summed E-state index contributed by atoms with van der Waals surface area (Å²) >= 11 is 4.80. The van der Waals surface area contributed by atoms with Gasteiger partial charge in [0, 0.05) is 0 Å².